The maximum absolute atomic E-state index is 4.47. The molecule has 76 valence electrons. The fourth-order valence-corrected chi connectivity index (χ4v) is 2.21. The zero-order valence-corrected chi connectivity index (χ0v) is 9.56. The normalized spacial score (nSPS) is 21.1. The summed E-state index contributed by atoms with van der Waals surface area (Å²) in [6.45, 7) is 6.90. The lowest BCUT2D eigenvalue weighted by molar-refractivity contribution is 0.424. The van der Waals surface area contributed by atoms with Gasteiger partial charge in [0.25, 0.3) is 0 Å². The molecule has 0 saturated heterocycles. The van der Waals surface area contributed by atoms with Crippen LogP contribution in [0.1, 0.15) is 52.9 Å². The Kier molecular flexibility index (Phi) is 3.52. The predicted octanol–water partition coefficient (Wildman–Crippen LogP) is 3.68. The SMILES string of the molecule is C/N=C(\CC(C)(C)C)C1CCCC1. The maximum Gasteiger partial charge on any atom is 0.0276 e. The Labute approximate surface area is 82.6 Å². The highest BCUT2D eigenvalue weighted by atomic mass is 14.7. The summed E-state index contributed by atoms with van der Waals surface area (Å²) in [4.78, 5) is 4.47. The van der Waals surface area contributed by atoms with Gasteiger partial charge in [0.05, 0.1) is 0 Å². The van der Waals surface area contributed by atoms with Gasteiger partial charge in [0, 0.05) is 12.8 Å². The van der Waals surface area contributed by atoms with Gasteiger partial charge in [-0.1, -0.05) is 33.6 Å². The second-order valence-corrected chi connectivity index (χ2v) is 5.43. The number of nitrogens with zero attached hydrogens (tertiary/aromatic N) is 1. The summed E-state index contributed by atoms with van der Waals surface area (Å²) >= 11 is 0. The number of hydrogen-bond donors (Lipinski definition) is 0. The maximum atomic E-state index is 4.47. The molecule has 1 aliphatic carbocycles. The molecule has 0 radical (unpaired) electrons. The second-order valence-electron chi connectivity index (χ2n) is 5.43. The first-order valence-electron chi connectivity index (χ1n) is 5.48. The summed E-state index contributed by atoms with van der Waals surface area (Å²) in [7, 11) is 1.96. The van der Waals surface area contributed by atoms with Crippen molar-refractivity contribution in [2.75, 3.05) is 7.05 Å². The van der Waals surface area contributed by atoms with Crippen LogP contribution in [-0.4, -0.2) is 12.8 Å². The molecule has 0 aliphatic heterocycles. The zero-order valence-electron chi connectivity index (χ0n) is 9.56. The van der Waals surface area contributed by atoms with Gasteiger partial charge in [0.2, 0.25) is 0 Å². The molecule has 0 N–H and O–H groups in total. The molecule has 1 aliphatic rings. The van der Waals surface area contributed by atoms with Gasteiger partial charge in [-0.25, -0.2) is 0 Å². The smallest absolute Gasteiger partial charge is 0.0276 e. The Bertz CT molecular complexity index is 180. The number of aliphatic imine (C=N–C) groups is 1. The predicted molar refractivity (Wildman–Crippen MR) is 59.4 cm³/mol. The van der Waals surface area contributed by atoms with E-state index in [1.807, 2.05) is 7.05 Å². The van der Waals surface area contributed by atoms with Gasteiger partial charge in [0.15, 0.2) is 0 Å². The van der Waals surface area contributed by atoms with Gasteiger partial charge in [-0.3, -0.25) is 4.99 Å². The molecular weight excluding hydrogens is 158 g/mol. The molecule has 1 saturated carbocycles. The van der Waals surface area contributed by atoms with Gasteiger partial charge in [-0.2, -0.15) is 0 Å². The van der Waals surface area contributed by atoms with Crippen LogP contribution in [0.3, 0.4) is 0 Å². The van der Waals surface area contributed by atoms with Crippen molar-refractivity contribution in [2.24, 2.45) is 16.3 Å². The van der Waals surface area contributed by atoms with E-state index in [9.17, 15) is 0 Å². The molecule has 1 fully saturated rings. The zero-order chi connectivity index (χ0) is 9.90. The Morgan fingerprint density at radius 2 is 1.77 bits per heavy atom. The highest BCUT2D eigenvalue weighted by Gasteiger charge is 2.23. The molecule has 1 rings (SSSR count). The third-order valence-corrected chi connectivity index (χ3v) is 2.83. The van der Waals surface area contributed by atoms with Crippen LogP contribution < -0.4 is 0 Å². The van der Waals surface area contributed by atoms with E-state index < -0.39 is 0 Å². The molecule has 0 aromatic heterocycles. The Morgan fingerprint density at radius 3 is 2.15 bits per heavy atom. The van der Waals surface area contributed by atoms with Crippen molar-refractivity contribution >= 4 is 5.71 Å². The molecule has 0 bridgehead atoms. The van der Waals surface area contributed by atoms with Crippen LogP contribution in [0.25, 0.3) is 0 Å². The van der Waals surface area contributed by atoms with Crippen molar-refractivity contribution in [1.29, 1.82) is 0 Å². The van der Waals surface area contributed by atoms with Crippen LogP contribution in [0.2, 0.25) is 0 Å². The molecule has 0 heterocycles. The topological polar surface area (TPSA) is 12.4 Å². The van der Waals surface area contributed by atoms with Crippen molar-refractivity contribution in [1.82, 2.24) is 0 Å². The second kappa shape index (κ2) is 4.26. The minimum absolute atomic E-state index is 0.400. The van der Waals surface area contributed by atoms with Crippen LogP contribution in [0.15, 0.2) is 4.99 Å². The average Bonchev–Trinajstić information content (AvgIpc) is 2.50. The Hall–Kier alpha value is -0.330. The summed E-state index contributed by atoms with van der Waals surface area (Å²) in [5.41, 5.74) is 1.86. The van der Waals surface area contributed by atoms with Crippen molar-refractivity contribution in [3.8, 4) is 0 Å². The van der Waals surface area contributed by atoms with Crippen molar-refractivity contribution in [3.05, 3.63) is 0 Å². The molecule has 0 unspecified atom stereocenters. The lowest BCUT2D eigenvalue weighted by Crippen LogP contribution is -2.19. The summed E-state index contributed by atoms with van der Waals surface area (Å²) in [6, 6.07) is 0. The van der Waals surface area contributed by atoms with Crippen LogP contribution >= 0.6 is 0 Å². The lowest BCUT2D eigenvalue weighted by Gasteiger charge is -2.22. The lowest BCUT2D eigenvalue weighted by atomic mass is 9.84. The van der Waals surface area contributed by atoms with Gasteiger partial charge in [-0.15, -0.1) is 0 Å². The summed E-state index contributed by atoms with van der Waals surface area (Å²) in [5.74, 6) is 0.809. The molecule has 1 nitrogen and oxygen atoms in total. The van der Waals surface area contributed by atoms with Crippen molar-refractivity contribution in [2.45, 2.75) is 52.9 Å². The van der Waals surface area contributed by atoms with Crippen LogP contribution in [0.4, 0.5) is 0 Å². The van der Waals surface area contributed by atoms with E-state index in [-0.39, 0.29) is 0 Å². The fourth-order valence-electron chi connectivity index (χ4n) is 2.21. The van der Waals surface area contributed by atoms with Crippen molar-refractivity contribution < 1.29 is 0 Å². The molecule has 0 aromatic rings. The summed E-state index contributed by atoms with van der Waals surface area (Å²) in [6.07, 6.45) is 6.75. The van der Waals surface area contributed by atoms with Crippen LogP contribution in [-0.2, 0) is 0 Å². The van der Waals surface area contributed by atoms with E-state index in [1.54, 1.807) is 0 Å². The quantitative estimate of drug-likeness (QED) is 0.576. The minimum atomic E-state index is 0.400. The first kappa shape index (κ1) is 10.7. The number of rotatable bonds is 2. The molecule has 0 amide bonds. The van der Waals surface area contributed by atoms with Gasteiger partial charge in [0.1, 0.15) is 0 Å². The third-order valence-electron chi connectivity index (χ3n) is 2.83. The van der Waals surface area contributed by atoms with E-state index in [0.717, 1.165) is 5.92 Å². The van der Waals surface area contributed by atoms with Crippen molar-refractivity contribution in [3.63, 3.8) is 0 Å². The highest BCUT2D eigenvalue weighted by molar-refractivity contribution is 5.87. The van der Waals surface area contributed by atoms with E-state index >= 15 is 0 Å². The van der Waals surface area contributed by atoms with Gasteiger partial charge in [-0.05, 0) is 30.6 Å². The largest absolute Gasteiger partial charge is 0.297 e. The highest BCUT2D eigenvalue weighted by Crippen LogP contribution is 2.31. The average molecular weight is 181 g/mol. The van der Waals surface area contributed by atoms with Crippen LogP contribution in [0.5, 0.6) is 0 Å². The number of hydrogen-bond acceptors (Lipinski definition) is 1. The van der Waals surface area contributed by atoms with E-state index in [2.05, 4.69) is 25.8 Å². The summed E-state index contributed by atoms with van der Waals surface area (Å²) in [5, 5.41) is 0. The molecule has 0 aromatic carbocycles. The first-order chi connectivity index (χ1) is 6.03. The summed E-state index contributed by atoms with van der Waals surface area (Å²) < 4.78 is 0. The third kappa shape index (κ3) is 3.50. The minimum Gasteiger partial charge on any atom is -0.297 e. The van der Waals surface area contributed by atoms with E-state index in [1.165, 1.54) is 37.8 Å². The van der Waals surface area contributed by atoms with Gasteiger partial charge >= 0.3 is 0 Å². The fraction of sp³-hybridized carbons (Fsp3) is 0.917. The molecule has 0 atom stereocenters. The Balaban J connectivity index is 2.53. The van der Waals surface area contributed by atoms with E-state index in [0.29, 0.717) is 5.41 Å². The van der Waals surface area contributed by atoms with E-state index in [4.69, 9.17) is 0 Å². The molecular formula is C12H23N. The van der Waals surface area contributed by atoms with Gasteiger partial charge < -0.3 is 0 Å². The molecule has 0 spiro atoms. The first-order valence-corrected chi connectivity index (χ1v) is 5.48. The Morgan fingerprint density at radius 1 is 1.23 bits per heavy atom. The van der Waals surface area contributed by atoms with Crippen LogP contribution in [0, 0.1) is 11.3 Å². The standard InChI is InChI=1S/C12H23N/c1-12(2,3)9-11(13-4)10-7-5-6-8-10/h10H,5-9H2,1-4H3/b13-11+. The molecule has 1 heteroatoms. The molecule has 13 heavy (non-hydrogen) atoms. The monoisotopic (exact) mass is 181 g/mol.